The molecule has 1 atom stereocenters. The number of rotatable bonds is 5. The van der Waals surface area contributed by atoms with Crippen LogP contribution in [0, 0.1) is 5.92 Å². The number of hydrogen-bond donors (Lipinski definition) is 0. The van der Waals surface area contributed by atoms with E-state index in [0.717, 1.165) is 18.8 Å². The van der Waals surface area contributed by atoms with E-state index in [-0.39, 0.29) is 0 Å². The van der Waals surface area contributed by atoms with Gasteiger partial charge in [0.15, 0.2) is 0 Å². The Morgan fingerprint density at radius 2 is 2.08 bits per heavy atom. The molecule has 2 nitrogen and oxygen atoms in total. The molecule has 13 heavy (non-hydrogen) atoms. The normalized spacial score (nSPS) is 20.0. The van der Waals surface area contributed by atoms with Crippen LogP contribution in [0.2, 0.25) is 0 Å². The zero-order valence-electron chi connectivity index (χ0n) is 9.05. The Bertz CT molecular complexity index is 173. The van der Waals surface area contributed by atoms with Gasteiger partial charge in [0.1, 0.15) is 5.78 Å². The van der Waals surface area contributed by atoms with E-state index in [9.17, 15) is 4.79 Å². The lowest BCUT2D eigenvalue weighted by molar-refractivity contribution is -0.117. The third-order valence-corrected chi connectivity index (χ3v) is 3.15. The Hall–Kier alpha value is -0.370. The lowest BCUT2D eigenvalue weighted by Crippen LogP contribution is -2.38. The lowest BCUT2D eigenvalue weighted by atomic mass is 9.77. The highest BCUT2D eigenvalue weighted by Crippen LogP contribution is 2.33. The second-order valence-electron chi connectivity index (χ2n) is 4.46. The number of hydrogen-bond acceptors (Lipinski definition) is 2. The van der Waals surface area contributed by atoms with Crippen molar-refractivity contribution in [2.45, 2.75) is 45.1 Å². The van der Waals surface area contributed by atoms with Gasteiger partial charge in [0.05, 0.1) is 0 Å². The van der Waals surface area contributed by atoms with Gasteiger partial charge >= 0.3 is 0 Å². The van der Waals surface area contributed by atoms with Crippen molar-refractivity contribution in [2.24, 2.45) is 5.92 Å². The molecule has 1 saturated carbocycles. The van der Waals surface area contributed by atoms with Crippen molar-refractivity contribution < 1.29 is 4.79 Å². The molecule has 1 unspecified atom stereocenters. The largest absolute Gasteiger partial charge is 0.306 e. The molecule has 0 aromatic heterocycles. The fourth-order valence-corrected chi connectivity index (χ4v) is 2.09. The van der Waals surface area contributed by atoms with Crippen LogP contribution in [0.4, 0.5) is 0 Å². The van der Waals surface area contributed by atoms with Crippen molar-refractivity contribution in [2.75, 3.05) is 14.1 Å². The van der Waals surface area contributed by atoms with Crippen LogP contribution in [0.3, 0.4) is 0 Å². The summed E-state index contributed by atoms with van der Waals surface area (Å²) >= 11 is 0. The van der Waals surface area contributed by atoms with Crippen molar-refractivity contribution >= 4 is 5.78 Å². The SMILES string of the molecule is CC(=O)CCC(C1CCC1)N(C)C. The minimum Gasteiger partial charge on any atom is -0.306 e. The topological polar surface area (TPSA) is 20.3 Å². The molecule has 0 radical (unpaired) electrons. The van der Waals surface area contributed by atoms with Crippen LogP contribution in [-0.2, 0) is 4.79 Å². The van der Waals surface area contributed by atoms with Crippen LogP contribution < -0.4 is 0 Å². The molecule has 0 amide bonds. The van der Waals surface area contributed by atoms with Gasteiger partial charge < -0.3 is 9.69 Å². The molecule has 1 aliphatic carbocycles. The van der Waals surface area contributed by atoms with Gasteiger partial charge in [-0.25, -0.2) is 0 Å². The van der Waals surface area contributed by atoms with Crippen molar-refractivity contribution in [3.8, 4) is 0 Å². The predicted octanol–water partition coefficient (Wildman–Crippen LogP) is 2.09. The van der Waals surface area contributed by atoms with Gasteiger partial charge in [-0.2, -0.15) is 0 Å². The predicted molar refractivity (Wildman–Crippen MR) is 54.7 cm³/mol. The first-order valence-electron chi connectivity index (χ1n) is 5.27. The maximum atomic E-state index is 10.9. The fourth-order valence-electron chi connectivity index (χ4n) is 2.09. The molecule has 0 aromatic carbocycles. The van der Waals surface area contributed by atoms with Gasteiger partial charge in [0.25, 0.3) is 0 Å². The van der Waals surface area contributed by atoms with Crippen LogP contribution in [0.15, 0.2) is 0 Å². The van der Waals surface area contributed by atoms with Gasteiger partial charge in [-0.1, -0.05) is 6.42 Å². The molecular weight excluding hydrogens is 162 g/mol. The Kier molecular flexibility index (Phi) is 3.91. The molecule has 1 fully saturated rings. The quantitative estimate of drug-likeness (QED) is 0.650. The van der Waals surface area contributed by atoms with E-state index in [1.807, 2.05) is 0 Å². The van der Waals surface area contributed by atoms with Crippen molar-refractivity contribution in [3.63, 3.8) is 0 Å². The third kappa shape index (κ3) is 3.11. The molecule has 1 aliphatic rings. The Labute approximate surface area is 81.3 Å². The average Bonchev–Trinajstić information content (AvgIpc) is 1.92. The summed E-state index contributed by atoms with van der Waals surface area (Å²) < 4.78 is 0. The lowest BCUT2D eigenvalue weighted by Gasteiger charge is -2.37. The summed E-state index contributed by atoms with van der Waals surface area (Å²) in [6.45, 7) is 1.69. The van der Waals surface area contributed by atoms with Crippen LogP contribution >= 0.6 is 0 Å². The molecule has 76 valence electrons. The van der Waals surface area contributed by atoms with Gasteiger partial charge in [-0.05, 0) is 46.2 Å². The van der Waals surface area contributed by atoms with Crippen molar-refractivity contribution in [1.82, 2.24) is 4.90 Å². The summed E-state index contributed by atoms with van der Waals surface area (Å²) in [7, 11) is 4.26. The highest BCUT2D eigenvalue weighted by Gasteiger charge is 2.28. The molecule has 0 saturated heterocycles. The average molecular weight is 183 g/mol. The smallest absolute Gasteiger partial charge is 0.129 e. The fraction of sp³-hybridized carbons (Fsp3) is 0.909. The first-order valence-corrected chi connectivity index (χ1v) is 5.27. The van der Waals surface area contributed by atoms with E-state index in [1.54, 1.807) is 6.92 Å². The van der Waals surface area contributed by atoms with E-state index in [0.29, 0.717) is 11.8 Å². The second-order valence-corrected chi connectivity index (χ2v) is 4.46. The zero-order valence-corrected chi connectivity index (χ0v) is 9.05. The van der Waals surface area contributed by atoms with Crippen molar-refractivity contribution in [3.05, 3.63) is 0 Å². The van der Waals surface area contributed by atoms with E-state index < -0.39 is 0 Å². The number of Topliss-reactive ketones (excluding diaryl/α,β-unsaturated/α-hetero) is 1. The Morgan fingerprint density at radius 1 is 1.46 bits per heavy atom. The first-order chi connectivity index (χ1) is 6.11. The third-order valence-electron chi connectivity index (χ3n) is 3.15. The van der Waals surface area contributed by atoms with E-state index in [4.69, 9.17) is 0 Å². The number of carbonyl (C=O) groups excluding carboxylic acids is 1. The Morgan fingerprint density at radius 3 is 2.38 bits per heavy atom. The van der Waals surface area contributed by atoms with Crippen LogP contribution in [0.5, 0.6) is 0 Å². The van der Waals surface area contributed by atoms with E-state index in [2.05, 4.69) is 19.0 Å². The molecule has 0 aliphatic heterocycles. The monoisotopic (exact) mass is 183 g/mol. The molecule has 0 bridgehead atoms. The Balaban J connectivity index is 2.33. The van der Waals surface area contributed by atoms with Gasteiger partial charge in [0.2, 0.25) is 0 Å². The minimum absolute atomic E-state index is 0.325. The molecule has 0 heterocycles. The molecule has 2 heteroatoms. The van der Waals surface area contributed by atoms with Gasteiger partial charge in [-0.3, -0.25) is 0 Å². The van der Waals surface area contributed by atoms with E-state index >= 15 is 0 Å². The zero-order chi connectivity index (χ0) is 9.84. The van der Waals surface area contributed by atoms with Gasteiger partial charge in [-0.15, -0.1) is 0 Å². The molecule has 0 spiro atoms. The van der Waals surface area contributed by atoms with E-state index in [1.165, 1.54) is 19.3 Å². The number of ketones is 1. The summed E-state index contributed by atoms with van der Waals surface area (Å²) in [5.41, 5.74) is 0. The summed E-state index contributed by atoms with van der Waals surface area (Å²) in [5.74, 6) is 1.18. The number of carbonyl (C=O) groups is 1. The molecule has 0 N–H and O–H groups in total. The van der Waals surface area contributed by atoms with Crippen molar-refractivity contribution in [1.29, 1.82) is 0 Å². The van der Waals surface area contributed by atoms with Gasteiger partial charge in [0, 0.05) is 12.5 Å². The maximum Gasteiger partial charge on any atom is 0.129 e. The standard InChI is InChI=1S/C11H21NO/c1-9(13)7-8-11(12(2)3)10-5-4-6-10/h10-11H,4-8H2,1-3H3. The highest BCUT2D eigenvalue weighted by atomic mass is 16.1. The summed E-state index contributed by atoms with van der Waals surface area (Å²) in [5, 5.41) is 0. The van der Waals surface area contributed by atoms with Crippen LogP contribution in [0.25, 0.3) is 0 Å². The first kappa shape index (κ1) is 10.7. The molecule has 0 aromatic rings. The summed E-state index contributed by atoms with van der Waals surface area (Å²) in [6, 6.07) is 0.637. The highest BCUT2D eigenvalue weighted by molar-refractivity contribution is 5.75. The number of nitrogens with zero attached hydrogens (tertiary/aromatic N) is 1. The molecule has 1 rings (SSSR count). The minimum atomic E-state index is 0.325. The summed E-state index contributed by atoms with van der Waals surface area (Å²) in [4.78, 5) is 13.2. The summed E-state index contributed by atoms with van der Waals surface area (Å²) in [6.07, 6.45) is 5.91. The molecular formula is C11H21NO. The maximum absolute atomic E-state index is 10.9. The van der Waals surface area contributed by atoms with Crippen LogP contribution in [0.1, 0.15) is 39.0 Å². The second kappa shape index (κ2) is 4.75. The van der Waals surface area contributed by atoms with Crippen LogP contribution in [-0.4, -0.2) is 30.8 Å².